The van der Waals surface area contributed by atoms with Gasteiger partial charge in [-0.25, -0.2) is 0 Å². The van der Waals surface area contributed by atoms with Gasteiger partial charge in [-0.2, -0.15) is 10.5 Å². The molecule has 0 saturated heterocycles. The summed E-state index contributed by atoms with van der Waals surface area (Å²) >= 11 is 0. The van der Waals surface area contributed by atoms with E-state index in [9.17, 15) is 10.5 Å². The number of rotatable bonds is 3. The maximum absolute atomic E-state index is 9.90. The first-order valence-corrected chi connectivity index (χ1v) is 9.24. The summed E-state index contributed by atoms with van der Waals surface area (Å²) in [6.07, 6.45) is 6.21. The molecule has 1 aromatic rings. The second-order valence-electron chi connectivity index (χ2n) is 7.44. The van der Waals surface area contributed by atoms with Gasteiger partial charge in [0.05, 0.1) is 12.1 Å². The predicted octanol–water partition coefficient (Wildman–Crippen LogP) is 5.74. The summed E-state index contributed by atoms with van der Waals surface area (Å²) in [5.74, 6) is 1.15. The van der Waals surface area contributed by atoms with Crippen molar-refractivity contribution >= 4 is 0 Å². The van der Waals surface area contributed by atoms with E-state index in [-0.39, 0.29) is 5.92 Å². The van der Waals surface area contributed by atoms with Crippen molar-refractivity contribution in [3.63, 3.8) is 0 Å². The molecular weight excluding hydrogens is 292 g/mol. The molecule has 2 nitrogen and oxygen atoms in total. The van der Waals surface area contributed by atoms with Crippen LogP contribution in [0.5, 0.6) is 0 Å². The lowest BCUT2D eigenvalue weighted by molar-refractivity contribution is 0.130. The quantitative estimate of drug-likeness (QED) is 0.667. The summed E-state index contributed by atoms with van der Waals surface area (Å²) in [5, 5.41) is 19.8. The molecule has 1 aromatic carbocycles. The lowest BCUT2D eigenvalue weighted by Crippen LogP contribution is -2.40. The van der Waals surface area contributed by atoms with E-state index in [1.54, 1.807) is 11.1 Å². The van der Waals surface area contributed by atoms with E-state index in [4.69, 9.17) is 0 Å². The lowest BCUT2D eigenvalue weighted by atomic mass is 9.55. The molecule has 0 heterocycles. The number of hydrogen-bond acceptors (Lipinski definition) is 2. The van der Waals surface area contributed by atoms with Gasteiger partial charge >= 0.3 is 0 Å². The number of nitriles is 2. The summed E-state index contributed by atoms with van der Waals surface area (Å²) in [7, 11) is 0. The zero-order valence-corrected chi connectivity index (χ0v) is 14.8. The highest BCUT2D eigenvalue weighted by Crippen LogP contribution is 2.56. The smallest absolute Gasteiger partial charge is 0.150 e. The van der Waals surface area contributed by atoms with Crippen LogP contribution in [0, 0.1) is 39.9 Å². The molecule has 0 aromatic heterocycles. The molecule has 0 bridgehead atoms. The molecule has 0 radical (unpaired) electrons. The topological polar surface area (TPSA) is 47.6 Å². The van der Waals surface area contributed by atoms with Crippen LogP contribution in [0.15, 0.2) is 41.5 Å². The predicted molar refractivity (Wildman–Crippen MR) is 95.9 cm³/mol. The molecule has 1 saturated carbocycles. The Hall–Kier alpha value is -2.06. The fraction of sp³-hybridized carbons (Fsp3) is 0.545. The van der Waals surface area contributed by atoms with Gasteiger partial charge in [-0.3, -0.25) is 0 Å². The van der Waals surface area contributed by atoms with Crippen LogP contribution in [0.1, 0.15) is 63.9 Å². The average Bonchev–Trinajstić information content (AvgIpc) is 2.66. The number of fused-ring (bicyclic) bond motifs is 1. The Morgan fingerprint density at radius 3 is 2.08 bits per heavy atom. The summed E-state index contributed by atoms with van der Waals surface area (Å²) < 4.78 is 0. The normalized spacial score (nSPS) is 28.6. The number of allylic oxidation sites excluding steroid dienone is 2. The van der Waals surface area contributed by atoms with Crippen molar-refractivity contribution in [2.45, 2.75) is 58.3 Å². The van der Waals surface area contributed by atoms with Crippen molar-refractivity contribution in [3.8, 4) is 12.1 Å². The van der Waals surface area contributed by atoms with Crippen molar-refractivity contribution < 1.29 is 0 Å². The first-order chi connectivity index (χ1) is 11.7. The molecule has 3 rings (SSSR count). The van der Waals surface area contributed by atoms with E-state index < -0.39 is 5.41 Å². The van der Waals surface area contributed by atoms with Crippen LogP contribution in [0.3, 0.4) is 0 Å². The molecule has 2 heteroatoms. The number of nitrogens with zero attached hydrogens (tertiary/aromatic N) is 2. The molecule has 2 aliphatic rings. The van der Waals surface area contributed by atoms with Gasteiger partial charge in [0.25, 0.3) is 0 Å². The maximum Gasteiger partial charge on any atom is 0.150 e. The average molecular weight is 318 g/mol. The minimum absolute atomic E-state index is 0.0382. The fourth-order valence-corrected chi connectivity index (χ4v) is 5.00. The van der Waals surface area contributed by atoms with Crippen molar-refractivity contribution in [3.05, 3.63) is 47.0 Å². The Kier molecular flexibility index (Phi) is 4.77. The van der Waals surface area contributed by atoms with Gasteiger partial charge < -0.3 is 0 Å². The van der Waals surface area contributed by atoms with Gasteiger partial charge in [0.15, 0.2) is 5.41 Å². The van der Waals surface area contributed by atoms with E-state index in [1.165, 1.54) is 6.42 Å². The van der Waals surface area contributed by atoms with Gasteiger partial charge in [0.2, 0.25) is 0 Å². The maximum atomic E-state index is 9.90. The third-order valence-electron chi connectivity index (χ3n) is 6.36. The standard InChI is InChI=1S/C22H26N2/c1-3-16-10-19-12-21(18-8-6-5-7-9-18)22(14-23,15-24)13-20(19)11-17(16)4-2/h5-9,19-21H,3-4,10-13H2,1-2H3/t19-,20+,21?/m0/s1. The van der Waals surface area contributed by atoms with Gasteiger partial charge in [-0.05, 0) is 55.9 Å². The zero-order chi connectivity index (χ0) is 17.2. The summed E-state index contributed by atoms with van der Waals surface area (Å²) in [6, 6.07) is 15.1. The van der Waals surface area contributed by atoms with E-state index >= 15 is 0 Å². The van der Waals surface area contributed by atoms with Crippen molar-refractivity contribution in [1.82, 2.24) is 0 Å². The van der Waals surface area contributed by atoms with E-state index in [0.29, 0.717) is 11.8 Å². The Labute approximate surface area is 145 Å². The first kappa shape index (κ1) is 16.8. The molecule has 2 aliphatic carbocycles. The van der Waals surface area contributed by atoms with E-state index in [0.717, 1.165) is 37.7 Å². The van der Waals surface area contributed by atoms with Crippen molar-refractivity contribution in [2.24, 2.45) is 17.3 Å². The Morgan fingerprint density at radius 1 is 0.958 bits per heavy atom. The largest absolute Gasteiger partial charge is 0.197 e. The molecule has 0 aliphatic heterocycles. The summed E-state index contributed by atoms with van der Waals surface area (Å²) in [5.41, 5.74) is 3.50. The van der Waals surface area contributed by atoms with Gasteiger partial charge in [0.1, 0.15) is 0 Å². The van der Waals surface area contributed by atoms with Crippen LogP contribution in [0.2, 0.25) is 0 Å². The van der Waals surface area contributed by atoms with Crippen molar-refractivity contribution in [2.75, 3.05) is 0 Å². The Balaban J connectivity index is 1.97. The number of hydrogen-bond donors (Lipinski definition) is 0. The van der Waals surface area contributed by atoms with Gasteiger partial charge in [0, 0.05) is 5.92 Å². The summed E-state index contributed by atoms with van der Waals surface area (Å²) in [4.78, 5) is 0. The molecule has 0 N–H and O–H groups in total. The van der Waals surface area contributed by atoms with Gasteiger partial charge in [-0.1, -0.05) is 55.3 Å². The van der Waals surface area contributed by atoms with Crippen LogP contribution < -0.4 is 0 Å². The second kappa shape index (κ2) is 6.82. The molecular formula is C22H26N2. The summed E-state index contributed by atoms with van der Waals surface area (Å²) in [6.45, 7) is 4.50. The highest BCUT2D eigenvalue weighted by Gasteiger charge is 2.50. The zero-order valence-electron chi connectivity index (χ0n) is 14.8. The van der Waals surface area contributed by atoms with Crippen LogP contribution in [0.4, 0.5) is 0 Å². The highest BCUT2D eigenvalue weighted by molar-refractivity contribution is 5.34. The monoisotopic (exact) mass is 318 g/mol. The van der Waals surface area contributed by atoms with Crippen LogP contribution in [-0.2, 0) is 0 Å². The third-order valence-corrected chi connectivity index (χ3v) is 6.36. The molecule has 3 atom stereocenters. The Morgan fingerprint density at radius 2 is 1.54 bits per heavy atom. The molecule has 24 heavy (non-hydrogen) atoms. The fourth-order valence-electron chi connectivity index (χ4n) is 5.00. The Bertz CT molecular complexity index is 688. The second-order valence-corrected chi connectivity index (χ2v) is 7.44. The van der Waals surface area contributed by atoms with E-state index in [2.05, 4.69) is 38.1 Å². The molecule has 0 amide bonds. The van der Waals surface area contributed by atoms with Crippen LogP contribution in [-0.4, -0.2) is 0 Å². The van der Waals surface area contributed by atoms with Crippen LogP contribution >= 0.6 is 0 Å². The molecule has 124 valence electrons. The minimum Gasteiger partial charge on any atom is -0.197 e. The molecule has 1 fully saturated rings. The minimum atomic E-state index is -0.870. The SMILES string of the molecule is CCC1=C(CC)C[C@H]2CC(c3ccccc3)C(C#N)(C#N)C[C@H]2C1. The van der Waals surface area contributed by atoms with E-state index in [1.807, 2.05) is 18.2 Å². The number of benzene rings is 1. The molecule has 0 spiro atoms. The van der Waals surface area contributed by atoms with Crippen LogP contribution in [0.25, 0.3) is 0 Å². The van der Waals surface area contributed by atoms with Gasteiger partial charge in [-0.15, -0.1) is 0 Å². The third kappa shape index (κ3) is 2.76. The lowest BCUT2D eigenvalue weighted by Gasteiger charge is -2.46. The van der Waals surface area contributed by atoms with Crippen molar-refractivity contribution in [1.29, 1.82) is 10.5 Å². The first-order valence-electron chi connectivity index (χ1n) is 9.24. The highest BCUT2D eigenvalue weighted by atomic mass is 14.5. The molecule has 1 unspecified atom stereocenters.